The van der Waals surface area contributed by atoms with Crippen LogP contribution in [0.4, 0.5) is 11.4 Å². The normalized spacial score (nSPS) is 11.6. The Morgan fingerprint density at radius 2 is 1.74 bits per heavy atom. The zero-order chi connectivity index (χ0) is 13.7. The molecule has 0 fully saturated rings. The van der Waals surface area contributed by atoms with Gasteiger partial charge in [0.15, 0.2) is 6.10 Å². The van der Waals surface area contributed by atoms with E-state index in [-0.39, 0.29) is 5.91 Å². The van der Waals surface area contributed by atoms with E-state index in [4.69, 9.17) is 10.5 Å². The maximum absolute atomic E-state index is 11.9. The fraction of sp³-hybridized carbons (Fsp3) is 0.133. The number of hydrogen-bond donors (Lipinski definition) is 2. The number of amides is 1. The first-order valence-electron chi connectivity index (χ1n) is 6.03. The molecule has 0 saturated heterocycles. The Hall–Kier alpha value is -2.49. The fourth-order valence-electron chi connectivity index (χ4n) is 1.57. The number of ether oxygens (including phenoxy) is 1. The Morgan fingerprint density at radius 1 is 1.11 bits per heavy atom. The van der Waals surface area contributed by atoms with Gasteiger partial charge in [0, 0.05) is 11.4 Å². The fourth-order valence-corrected chi connectivity index (χ4v) is 1.57. The third kappa shape index (κ3) is 3.74. The number of carbonyl (C=O) groups is 1. The second-order valence-electron chi connectivity index (χ2n) is 4.18. The summed E-state index contributed by atoms with van der Waals surface area (Å²) in [5.41, 5.74) is 7.00. The van der Waals surface area contributed by atoms with E-state index in [2.05, 4.69) is 5.32 Å². The molecule has 0 aromatic heterocycles. The molecule has 0 aliphatic heterocycles. The van der Waals surface area contributed by atoms with Crippen molar-refractivity contribution in [2.45, 2.75) is 13.0 Å². The lowest BCUT2D eigenvalue weighted by molar-refractivity contribution is -0.122. The SMILES string of the molecule is CC(Oc1ccc(N)cc1)C(=O)Nc1ccccc1. The van der Waals surface area contributed by atoms with Gasteiger partial charge in [0.2, 0.25) is 0 Å². The molecule has 2 rings (SSSR count). The molecule has 0 bridgehead atoms. The molecule has 4 nitrogen and oxygen atoms in total. The summed E-state index contributed by atoms with van der Waals surface area (Å²) in [7, 11) is 0. The topological polar surface area (TPSA) is 64.3 Å². The monoisotopic (exact) mass is 256 g/mol. The van der Waals surface area contributed by atoms with Crippen molar-refractivity contribution in [3.8, 4) is 5.75 Å². The lowest BCUT2D eigenvalue weighted by atomic mass is 10.3. The Labute approximate surface area is 112 Å². The van der Waals surface area contributed by atoms with Crippen LogP contribution < -0.4 is 15.8 Å². The largest absolute Gasteiger partial charge is 0.481 e. The van der Waals surface area contributed by atoms with Crippen LogP contribution in [0.5, 0.6) is 5.75 Å². The molecular weight excluding hydrogens is 240 g/mol. The van der Waals surface area contributed by atoms with Crippen LogP contribution >= 0.6 is 0 Å². The number of para-hydroxylation sites is 1. The summed E-state index contributed by atoms with van der Waals surface area (Å²) in [6.45, 7) is 1.70. The molecule has 3 N–H and O–H groups in total. The average Bonchev–Trinajstić information content (AvgIpc) is 2.42. The van der Waals surface area contributed by atoms with Gasteiger partial charge in [0.25, 0.3) is 5.91 Å². The minimum absolute atomic E-state index is 0.192. The van der Waals surface area contributed by atoms with Crippen LogP contribution in [0.2, 0.25) is 0 Å². The summed E-state index contributed by atoms with van der Waals surface area (Å²) in [5.74, 6) is 0.424. The molecule has 98 valence electrons. The second kappa shape index (κ2) is 5.91. The lowest BCUT2D eigenvalue weighted by Crippen LogP contribution is -2.30. The molecule has 1 unspecified atom stereocenters. The number of anilines is 2. The molecule has 0 aliphatic carbocycles. The summed E-state index contributed by atoms with van der Waals surface area (Å²) >= 11 is 0. The maximum Gasteiger partial charge on any atom is 0.265 e. The Bertz CT molecular complexity index is 538. The van der Waals surface area contributed by atoms with Gasteiger partial charge in [0.1, 0.15) is 5.75 Å². The second-order valence-corrected chi connectivity index (χ2v) is 4.18. The van der Waals surface area contributed by atoms with E-state index in [9.17, 15) is 4.79 Å². The molecule has 2 aromatic carbocycles. The lowest BCUT2D eigenvalue weighted by Gasteiger charge is -2.14. The van der Waals surface area contributed by atoms with E-state index in [0.717, 1.165) is 5.69 Å². The highest BCUT2D eigenvalue weighted by molar-refractivity contribution is 5.94. The highest BCUT2D eigenvalue weighted by atomic mass is 16.5. The number of rotatable bonds is 4. The van der Waals surface area contributed by atoms with Crippen molar-refractivity contribution in [3.05, 3.63) is 54.6 Å². The van der Waals surface area contributed by atoms with E-state index in [1.54, 1.807) is 31.2 Å². The van der Waals surface area contributed by atoms with E-state index < -0.39 is 6.10 Å². The summed E-state index contributed by atoms with van der Waals surface area (Å²) in [6, 6.07) is 16.2. The smallest absolute Gasteiger partial charge is 0.265 e. The van der Waals surface area contributed by atoms with Gasteiger partial charge >= 0.3 is 0 Å². The van der Waals surface area contributed by atoms with Gasteiger partial charge in [-0.3, -0.25) is 4.79 Å². The molecule has 1 amide bonds. The summed E-state index contributed by atoms with van der Waals surface area (Å²) in [6.07, 6.45) is -0.580. The van der Waals surface area contributed by atoms with Crippen LogP contribution in [0.3, 0.4) is 0 Å². The van der Waals surface area contributed by atoms with Crippen molar-refractivity contribution in [2.24, 2.45) is 0 Å². The number of nitrogens with two attached hydrogens (primary N) is 1. The third-order valence-electron chi connectivity index (χ3n) is 2.60. The molecule has 1 atom stereocenters. The highest BCUT2D eigenvalue weighted by Gasteiger charge is 2.14. The summed E-state index contributed by atoms with van der Waals surface area (Å²) in [5, 5.41) is 2.78. The molecule has 19 heavy (non-hydrogen) atoms. The number of nitrogens with one attached hydrogen (secondary N) is 1. The van der Waals surface area contributed by atoms with Gasteiger partial charge in [-0.25, -0.2) is 0 Å². The van der Waals surface area contributed by atoms with Crippen LogP contribution in [-0.2, 0) is 4.79 Å². The van der Waals surface area contributed by atoms with Crippen molar-refractivity contribution in [3.63, 3.8) is 0 Å². The molecule has 0 aliphatic rings. The van der Waals surface area contributed by atoms with E-state index in [1.807, 2.05) is 30.3 Å². The minimum Gasteiger partial charge on any atom is -0.481 e. The van der Waals surface area contributed by atoms with Gasteiger partial charge in [-0.1, -0.05) is 18.2 Å². The van der Waals surface area contributed by atoms with E-state index in [1.165, 1.54) is 0 Å². The predicted octanol–water partition coefficient (Wildman–Crippen LogP) is 2.67. The molecular formula is C15H16N2O2. The standard InChI is InChI=1S/C15H16N2O2/c1-11(19-14-9-7-12(16)8-10-14)15(18)17-13-5-3-2-4-6-13/h2-11H,16H2,1H3,(H,17,18). The summed E-state index contributed by atoms with van der Waals surface area (Å²) < 4.78 is 5.54. The minimum atomic E-state index is -0.580. The van der Waals surface area contributed by atoms with Gasteiger partial charge in [-0.15, -0.1) is 0 Å². The van der Waals surface area contributed by atoms with Crippen LogP contribution in [-0.4, -0.2) is 12.0 Å². The average molecular weight is 256 g/mol. The zero-order valence-electron chi connectivity index (χ0n) is 10.7. The number of hydrogen-bond acceptors (Lipinski definition) is 3. The number of carbonyl (C=O) groups excluding carboxylic acids is 1. The first kappa shape index (κ1) is 13.0. The van der Waals surface area contributed by atoms with Crippen molar-refractivity contribution in [1.29, 1.82) is 0 Å². The van der Waals surface area contributed by atoms with E-state index >= 15 is 0 Å². The van der Waals surface area contributed by atoms with Crippen LogP contribution in [0.15, 0.2) is 54.6 Å². The number of benzene rings is 2. The van der Waals surface area contributed by atoms with Crippen molar-refractivity contribution < 1.29 is 9.53 Å². The molecule has 0 saturated carbocycles. The van der Waals surface area contributed by atoms with Crippen molar-refractivity contribution in [2.75, 3.05) is 11.1 Å². The zero-order valence-corrected chi connectivity index (χ0v) is 10.7. The van der Waals surface area contributed by atoms with Gasteiger partial charge in [-0.05, 0) is 43.3 Å². The van der Waals surface area contributed by atoms with Gasteiger partial charge in [-0.2, -0.15) is 0 Å². The van der Waals surface area contributed by atoms with E-state index in [0.29, 0.717) is 11.4 Å². The molecule has 0 spiro atoms. The molecule has 0 heterocycles. The van der Waals surface area contributed by atoms with Gasteiger partial charge < -0.3 is 15.8 Å². The third-order valence-corrected chi connectivity index (χ3v) is 2.60. The molecule has 4 heteroatoms. The first-order chi connectivity index (χ1) is 9.15. The van der Waals surface area contributed by atoms with Crippen LogP contribution in [0.25, 0.3) is 0 Å². The maximum atomic E-state index is 11.9. The van der Waals surface area contributed by atoms with Crippen LogP contribution in [0.1, 0.15) is 6.92 Å². The summed E-state index contributed by atoms with van der Waals surface area (Å²) in [4.78, 5) is 11.9. The molecule has 0 radical (unpaired) electrons. The van der Waals surface area contributed by atoms with Crippen LogP contribution in [0, 0.1) is 0 Å². The molecule has 2 aromatic rings. The van der Waals surface area contributed by atoms with Gasteiger partial charge in [0.05, 0.1) is 0 Å². The number of nitrogen functional groups attached to an aromatic ring is 1. The highest BCUT2D eigenvalue weighted by Crippen LogP contribution is 2.15. The Morgan fingerprint density at radius 3 is 2.37 bits per heavy atom. The quantitative estimate of drug-likeness (QED) is 0.827. The first-order valence-corrected chi connectivity index (χ1v) is 6.03. The Kier molecular flexibility index (Phi) is 4.03. The van der Waals surface area contributed by atoms with Crippen molar-refractivity contribution >= 4 is 17.3 Å². The van der Waals surface area contributed by atoms with Crippen molar-refractivity contribution in [1.82, 2.24) is 0 Å². The predicted molar refractivity (Wildman–Crippen MR) is 76.0 cm³/mol. The Balaban J connectivity index is 1.94.